The molecule has 0 aliphatic heterocycles. The largest absolute Gasteiger partial charge is 0.394 e. The van der Waals surface area contributed by atoms with Crippen molar-refractivity contribution in [3.8, 4) is 0 Å². The van der Waals surface area contributed by atoms with Gasteiger partial charge in [-0.25, -0.2) is 0 Å². The predicted octanol–water partition coefficient (Wildman–Crippen LogP) is 18.8. The van der Waals surface area contributed by atoms with E-state index in [1.165, 1.54) is 250 Å². The Morgan fingerprint density at radius 2 is 0.600 bits per heavy atom. The van der Waals surface area contributed by atoms with E-state index in [9.17, 15) is 25.2 Å². The minimum absolute atomic E-state index is 0.362. The van der Waals surface area contributed by atoms with Crippen LogP contribution in [-0.2, 0) is 4.79 Å². The topological polar surface area (TPSA) is 110 Å². The highest BCUT2D eigenvalue weighted by Crippen LogP contribution is 2.18. The lowest BCUT2D eigenvalue weighted by atomic mass is 10.00. The lowest BCUT2D eigenvalue weighted by Crippen LogP contribution is -2.53. The Labute approximate surface area is 437 Å². The number of carbonyl (C=O) groups is 1. The van der Waals surface area contributed by atoms with Crippen LogP contribution in [0.15, 0.2) is 36.5 Å². The molecular formula is C64H123NO5. The van der Waals surface area contributed by atoms with Crippen LogP contribution in [0.4, 0.5) is 0 Å². The smallest absolute Gasteiger partial charge is 0.249 e. The molecule has 0 aliphatic carbocycles. The van der Waals surface area contributed by atoms with Crippen molar-refractivity contribution in [3.05, 3.63) is 36.5 Å². The minimum Gasteiger partial charge on any atom is -0.394 e. The van der Waals surface area contributed by atoms with E-state index in [0.717, 1.165) is 51.4 Å². The Morgan fingerprint density at radius 1 is 0.343 bits per heavy atom. The molecule has 0 heterocycles. The first-order chi connectivity index (χ1) is 34.5. The molecule has 414 valence electrons. The van der Waals surface area contributed by atoms with Gasteiger partial charge in [-0.2, -0.15) is 0 Å². The van der Waals surface area contributed by atoms with Crippen LogP contribution in [0.3, 0.4) is 0 Å². The zero-order valence-corrected chi connectivity index (χ0v) is 47.0. The van der Waals surface area contributed by atoms with E-state index in [1.807, 2.05) is 0 Å². The van der Waals surface area contributed by atoms with Gasteiger partial charge < -0.3 is 25.7 Å². The summed E-state index contributed by atoms with van der Waals surface area (Å²) in [6, 6.07) is -1.01. The summed E-state index contributed by atoms with van der Waals surface area (Å²) < 4.78 is 0. The minimum atomic E-state index is -1.29. The van der Waals surface area contributed by atoms with Crippen molar-refractivity contribution < 1.29 is 25.2 Å². The summed E-state index contributed by atoms with van der Waals surface area (Å²) in [6.07, 6.45) is 73.8. The maximum atomic E-state index is 12.6. The molecule has 0 bridgehead atoms. The van der Waals surface area contributed by atoms with E-state index in [1.54, 1.807) is 0 Å². The summed E-state index contributed by atoms with van der Waals surface area (Å²) >= 11 is 0. The first kappa shape index (κ1) is 68.5. The number of nitrogens with one attached hydrogen (secondary N) is 1. The van der Waals surface area contributed by atoms with E-state index < -0.39 is 36.9 Å². The van der Waals surface area contributed by atoms with Crippen molar-refractivity contribution in [1.29, 1.82) is 0 Å². The van der Waals surface area contributed by atoms with Crippen molar-refractivity contribution in [1.82, 2.24) is 5.32 Å². The molecule has 4 unspecified atom stereocenters. The molecule has 6 heteroatoms. The Morgan fingerprint density at radius 3 is 0.900 bits per heavy atom. The predicted molar refractivity (Wildman–Crippen MR) is 307 cm³/mol. The highest BCUT2D eigenvalue weighted by molar-refractivity contribution is 5.80. The van der Waals surface area contributed by atoms with Gasteiger partial charge in [-0.05, 0) is 64.2 Å². The summed E-state index contributed by atoms with van der Waals surface area (Å²) in [6.45, 7) is 4.08. The van der Waals surface area contributed by atoms with Gasteiger partial charge in [0.2, 0.25) is 5.91 Å². The number of allylic oxidation sites excluding steroid dienone is 6. The molecule has 0 rings (SSSR count). The molecular weight excluding hydrogens is 863 g/mol. The lowest BCUT2D eigenvalue weighted by Gasteiger charge is -2.27. The molecule has 0 aromatic rings. The SMILES string of the molecule is CCCCCCCCCCCCCCCCCC/C=C/CC/C=C/CC/C=C/CCCC(O)C(O)C(CO)NC(=O)C(O)CCCCCCCCCCCCCCCCCCCCCCCCCCC. The molecule has 0 aromatic heterocycles. The molecule has 0 fully saturated rings. The lowest BCUT2D eigenvalue weighted by molar-refractivity contribution is -0.132. The van der Waals surface area contributed by atoms with Crippen LogP contribution < -0.4 is 5.32 Å². The molecule has 0 saturated carbocycles. The number of aliphatic hydroxyl groups excluding tert-OH is 4. The van der Waals surface area contributed by atoms with Crippen LogP contribution in [0.2, 0.25) is 0 Å². The third kappa shape index (κ3) is 51.4. The van der Waals surface area contributed by atoms with Crippen molar-refractivity contribution in [2.75, 3.05) is 6.61 Å². The normalized spacial score (nSPS) is 13.9. The van der Waals surface area contributed by atoms with Gasteiger partial charge in [0.1, 0.15) is 12.2 Å². The van der Waals surface area contributed by atoms with Gasteiger partial charge in [-0.1, -0.05) is 307 Å². The number of unbranched alkanes of at least 4 members (excludes halogenated alkanes) is 43. The monoisotopic (exact) mass is 986 g/mol. The van der Waals surface area contributed by atoms with Gasteiger partial charge >= 0.3 is 0 Å². The van der Waals surface area contributed by atoms with E-state index >= 15 is 0 Å². The molecule has 0 aromatic carbocycles. The zero-order valence-electron chi connectivity index (χ0n) is 47.0. The van der Waals surface area contributed by atoms with Gasteiger partial charge in [0.05, 0.1) is 18.8 Å². The molecule has 0 aliphatic rings. The van der Waals surface area contributed by atoms with Crippen LogP contribution >= 0.6 is 0 Å². The number of hydrogen-bond acceptors (Lipinski definition) is 5. The summed E-state index contributed by atoms with van der Waals surface area (Å²) in [5.41, 5.74) is 0. The van der Waals surface area contributed by atoms with Crippen LogP contribution in [0, 0.1) is 0 Å². The van der Waals surface area contributed by atoms with E-state index in [0.29, 0.717) is 19.3 Å². The standard InChI is InChI=1S/C64H123NO5/c1-3-5-7-9-11-13-15-17-19-21-23-25-27-29-30-31-32-34-35-37-39-41-43-45-47-49-51-53-55-57-61(67)63(69)60(59-66)65-64(70)62(68)58-56-54-52-50-48-46-44-42-40-38-36-33-28-26-24-22-20-18-16-14-12-10-8-6-4-2/h34-35,41,43,49,51,60-63,66-69H,3-33,36-40,42,44-48,50,52-59H2,1-2H3,(H,65,70)/b35-34+,43-41+,51-49+. The first-order valence-electron chi connectivity index (χ1n) is 31.4. The fourth-order valence-electron chi connectivity index (χ4n) is 9.91. The molecule has 1 amide bonds. The molecule has 5 N–H and O–H groups in total. The second kappa shape index (κ2) is 58.4. The molecule has 0 radical (unpaired) electrons. The number of rotatable bonds is 58. The molecule has 6 nitrogen and oxygen atoms in total. The van der Waals surface area contributed by atoms with E-state index in [2.05, 4.69) is 55.6 Å². The van der Waals surface area contributed by atoms with Crippen molar-refractivity contribution in [2.45, 2.75) is 359 Å². The van der Waals surface area contributed by atoms with Gasteiger partial charge in [0.25, 0.3) is 0 Å². The van der Waals surface area contributed by atoms with Gasteiger partial charge in [-0.15, -0.1) is 0 Å². The highest BCUT2D eigenvalue weighted by Gasteiger charge is 2.28. The van der Waals surface area contributed by atoms with E-state index in [4.69, 9.17) is 0 Å². The van der Waals surface area contributed by atoms with Gasteiger partial charge in [0.15, 0.2) is 0 Å². The summed E-state index contributed by atoms with van der Waals surface area (Å²) in [7, 11) is 0. The number of carbonyl (C=O) groups excluding carboxylic acids is 1. The highest BCUT2D eigenvalue weighted by atomic mass is 16.3. The van der Waals surface area contributed by atoms with E-state index in [-0.39, 0.29) is 0 Å². The molecule has 0 spiro atoms. The van der Waals surface area contributed by atoms with Crippen molar-refractivity contribution in [3.63, 3.8) is 0 Å². The van der Waals surface area contributed by atoms with Crippen LogP contribution in [0.25, 0.3) is 0 Å². The molecule has 4 atom stereocenters. The first-order valence-corrected chi connectivity index (χ1v) is 31.4. The summed E-state index contributed by atoms with van der Waals surface area (Å²) in [5, 5.41) is 44.1. The van der Waals surface area contributed by atoms with Gasteiger partial charge in [-0.3, -0.25) is 4.79 Å². The maximum Gasteiger partial charge on any atom is 0.249 e. The average Bonchev–Trinajstić information content (AvgIpc) is 3.36. The zero-order chi connectivity index (χ0) is 50.9. The van der Waals surface area contributed by atoms with Crippen LogP contribution in [-0.4, -0.2) is 57.3 Å². The molecule has 0 saturated heterocycles. The Hall–Kier alpha value is -1.47. The molecule has 70 heavy (non-hydrogen) atoms. The number of hydrogen-bond donors (Lipinski definition) is 5. The van der Waals surface area contributed by atoms with Crippen molar-refractivity contribution in [2.24, 2.45) is 0 Å². The number of amides is 1. The Balaban J connectivity index is 3.65. The van der Waals surface area contributed by atoms with Crippen LogP contribution in [0.5, 0.6) is 0 Å². The van der Waals surface area contributed by atoms with Crippen LogP contribution in [0.1, 0.15) is 335 Å². The van der Waals surface area contributed by atoms with Gasteiger partial charge in [0, 0.05) is 0 Å². The third-order valence-corrected chi connectivity index (χ3v) is 14.8. The number of aliphatic hydroxyl groups is 4. The average molecular weight is 987 g/mol. The second-order valence-electron chi connectivity index (χ2n) is 21.7. The quantitative estimate of drug-likeness (QED) is 0.0308. The summed E-state index contributed by atoms with van der Waals surface area (Å²) in [4.78, 5) is 12.6. The van der Waals surface area contributed by atoms with Crippen molar-refractivity contribution >= 4 is 5.91 Å². The Bertz CT molecular complexity index is 1110. The Kier molecular flexibility index (Phi) is 57.2. The fourth-order valence-corrected chi connectivity index (χ4v) is 9.91. The summed E-state index contributed by atoms with van der Waals surface area (Å²) in [5.74, 6) is -0.594. The third-order valence-electron chi connectivity index (χ3n) is 14.8. The second-order valence-corrected chi connectivity index (χ2v) is 21.7. The maximum absolute atomic E-state index is 12.6. The fraction of sp³-hybridized carbons (Fsp3) is 0.891.